The predicted molar refractivity (Wildman–Crippen MR) is 99.8 cm³/mol. The van der Waals surface area contributed by atoms with Crippen molar-refractivity contribution in [3.63, 3.8) is 0 Å². The molecule has 5 heteroatoms. The highest BCUT2D eigenvalue weighted by atomic mass is 35.5. The van der Waals surface area contributed by atoms with Crippen LogP contribution in [-0.4, -0.2) is 47.4 Å². The third kappa shape index (κ3) is 4.07. The van der Waals surface area contributed by atoms with E-state index in [0.717, 1.165) is 24.9 Å². The average molecular weight is 369 g/mol. The zero-order chi connectivity index (χ0) is 17.1. The van der Waals surface area contributed by atoms with Crippen LogP contribution in [0.1, 0.15) is 44.6 Å². The summed E-state index contributed by atoms with van der Waals surface area (Å²) in [5.41, 5.74) is 0.938. The van der Waals surface area contributed by atoms with Gasteiger partial charge in [-0.15, -0.1) is 0 Å². The second-order valence-electron chi connectivity index (χ2n) is 7.06. The fraction of sp³-hybridized carbons (Fsp3) is 0.632. The molecule has 3 rings (SSSR count). The molecule has 132 valence electrons. The summed E-state index contributed by atoms with van der Waals surface area (Å²) in [5.74, 6) is 0.212. The molecule has 0 radical (unpaired) electrons. The summed E-state index contributed by atoms with van der Waals surface area (Å²) in [4.78, 5) is 17.6. The molecule has 2 unspecified atom stereocenters. The van der Waals surface area contributed by atoms with Gasteiger partial charge in [0, 0.05) is 18.6 Å². The number of rotatable bonds is 4. The monoisotopic (exact) mass is 368 g/mol. The Morgan fingerprint density at radius 2 is 1.83 bits per heavy atom. The van der Waals surface area contributed by atoms with E-state index in [1.165, 1.54) is 32.4 Å². The Balaban J connectivity index is 1.69. The third-order valence-corrected chi connectivity index (χ3v) is 6.22. The van der Waals surface area contributed by atoms with Crippen molar-refractivity contribution in [3.8, 4) is 0 Å². The molecule has 2 aliphatic rings. The van der Waals surface area contributed by atoms with Crippen molar-refractivity contribution >= 4 is 29.1 Å². The van der Waals surface area contributed by atoms with E-state index in [4.69, 9.17) is 23.2 Å². The molecule has 0 spiro atoms. The molecule has 2 atom stereocenters. The number of amides is 1. The van der Waals surface area contributed by atoms with Gasteiger partial charge in [0.25, 0.3) is 0 Å². The van der Waals surface area contributed by atoms with E-state index in [0.29, 0.717) is 28.5 Å². The van der Waals surface area contributed by atoms with E-state index in [2.05, 4.69) is 16.7 Å². The molecule has 0 saturated carbocycles. The Hall–Kier alpha value is -0.770. The Morgan fingerprint density at radius 3 is 2.54 bits per heavy atom. The summed E-state index contributed by atoms with van der Waals surface area (Å²) in [6, 6.07) is 6.27. The molecular formula is C19H26Cl2N2O. The number of likely N-dealkylation sites (tertiary alicyclic amines) is 2. The Bertz CT molecular complexity index is 587. The van der Waals surface area contributed by atoms with Gasteiger partial charge >= 0.3 is 0 Å². The second-order valence-corrected chi connectivity index (χ2v) is 7.87. The summed E-state index contributed by atoms with van der Waals surface area (Å²) < 4.78 is 0. The van der Waals surface area contributed by atoms with Crippen molar-refractivity contribution in [3.05, 3.63) is 33.8 Å². The second kappa shape index (κ2) is 8.07. The van der Waals surface area contributed by atoms with E-state index >= 15 is 0 Å². The van der Waals surface area contributed by atoms with Crippen LogP contribution in [0.4, 0.5) is 0 Å². The SMILES string of the molecule is CC(C1CCCCN1C(=O)Cc1ccc(Cl)c(Cl)c1)N1CCCC1. The lowest BCUT2D eigenvalue weighted by Crippen LogP contribution is -2.54. The fourth-order valence-electron chi connectivity index (χ4n) is 4.09. The van der Waals surface area contributed by atoms with Crippen LogP contribution >= 0.6 is 23.2 Å². The molecule has 1 aromatic carbocycles. The molecule has 2 heterocycles. The van der Waals surface area contributed by atoms with Gasteiger partial charge < -0.3 is 4.90 Å². The minimum atomic E-state index is 0.212. The molecular weight excluding hydrogens is 343 g/mol. The van der Waals surface area contributed by atoms with E-state index in [-0.39, 0.29) is 5.91 Å². The molecule has 0 aliphatic carbocycles. The minimum absolute atomic E-state index is 0.212. The Morgan fingerprint density at radius 1 is 1.12 bits per heavy atom. The van der Waals surface area contributed by atoms with Crippen LogP contribution in [0.5, 0.6) is 0 Å². The van der Waals surface area contributed by atoms with Gasteiger partial charge in [-0.25, -0.2) is 0 Å². The Labute approximate surface area is 154 Å². The zero-order valence-corrected chi connectivity index (χ0v) is 15.8. The van der Waals surface area contributed by atoms with Crippen molar-refractivity contribution in [2.75, 3.05) is 19.6 Å². The van der Waals surface area contributed by atoms with Gasteiger partial charge in [0.1, 0.15) is 0 Å². The van der Waals surface area contributed by atoms with Gasteiger partial charge in [0.05, 0.1) is 16.5 Å². The van der Waals surface area contributed by atoms with E-state index in [1.54, 1.807) is 6.07 Å². The first-order valence-electron chi connectivity index (χ1n) is 9.03. The molecule has 2 fully saturated rings. The van der Waals surface area contributed by atoms with Crippen LogP contribution < -0.4 is 0 Å². The summed E-state index contributed by atoms with van der Waals surface area (Å²) >= 11 is 12.1. The van der Waals surface area contributed by atoms with Crippen LogP contribution in [-0.2, 0) is 11.2 Å². The average Bonchev–Trinajstić information content (AvgIpc) is 3.12. The number of piperidine rings is 1. The molecule has 0 aromatic heterocycles. The van der Waals surface area contributed by atoms with Gasteiger partial charge in [-0.2, -0.15) is 0 Å². The molecule has 1 aromatic rings. The molecule has 2 aliphatic heterocycles. The lowest BCUT2D eigenvalue weighted by atomic mass is 9.94. The van der Waals surface area contributed by atoms with E-state index in [9.17, 15) is 4.79 Å². The fourth-order valence-corrected chi connectivity index (χ4v) is 4.41. The van der Waals surface area contributed by atoms with Crippen molar-refractivity contribution in [2.24, 2.45) is 0 Å². The van der Waals surface area contributed by atoms with Gasteiger partial charge in [-0.05, 0) is 69.8 Å². The first-order valence-corrected chi connectivity index (χ1v) is 9.79. The van der Waals surface area contributed by atoms with Gasteiger partial charge in [0.15, 0.2) is 0 Å². The molecule has 0 N–H and O–H groups in total. The van der Waals surface area contributed by atoms with E-state index < -0.39 is 0 Å². The number of benzene rings is 1. The minimum Gasteiger partial charge on any atom is -0.338 e. The molecule has 1 amide bonds. The number of carbonyl (C=O) groups is 1. The Kier molecular flexibility index (Phi) is 6.07. The maximum absolute atomic E-state index is 12.9. The van der Waals surface area contributed by atoms with Crippen molar-refractivity contribution in [2.45, 2.75) is 57.5 Å². The van der Waals surface area contributed by atoms with Crippen molar-refractivity contribution in [1.29, 1.82) is 0 Å². The third-order valence-electron chi connectivity index (χ3n) is 5.48. The quantitative estimate of drug-likeness (QED) is 0.785. The maximum Gasteiger partial charge on any atom is 0.227 e. The number of hydrogen-bond donors (Lipinski definition) is 0. The van der Waals surface area contributed by atoms with Gasteiger partial charge in [0.2, 0.25) is 5.91 Å². The predicted octanol–water partition coefficient (Wildman–Crippen LogP) is 4.40. The highest BCUT2D eigenvalue weighted by Gasteiger charge is 2.34. The van der Waals surface area contributed by atoms with Crippen LogP contribution in [0, 0.1) is 0 Å². The van der Waals surface area contributed by atoms with Crippen LogP contribution in [0.3, 0.4) is 0 Å². The molecule has 3 nitrogen and oxygen atoms in total. The number of carbonyl (C=O) groups excluding carboxylic acids is 1. The summed E-state index contributed by atoms with van der Waals surface area (Å²) in [5, 5.41) is 1.05. The number of hydrogen-bond acceptors (Lipinski definition) is 2. The lowest BCUT2D eigenvalue weighted by molar-refractivity contribution is -0.135. The first kappa shape index (κ1) is 18.0. The van der Waals surface area contributed by atoms with E-state index in [1.807, 2.05) is 12.1 Å². The van der Waals surface area contributed by atoms with Crippen LogP contribution in [0.15, 0.2) is 18.2 Å². The highest BCUT2D eigenvalue weighted by molar-refractivity contribution is 6.42. The topological polar surface area (TPSA) is 23.6 Å². The van der Waals surface area contributed by atoms with Gasteiger partial charge in [-0.3, -0.25) is 9.69 Å². The summed E-state index contributed by atoms with van der Waals surface area (Å²) in [6.07, 6.45) is 6.42. The maximum atomic E-state index is 12.9. The molecule has 0 bridgehead atoms. The smallest absolute Gasteiger partial charge is 0.227 e. The van der Waals surface area contributed by atoms with Crippen molar-refractivity contribution in [1.82, 2.24) is 9.80 Å². The highest BCUT2D eigenvalue weighted by Crippen LogP contribution is 2.27. The molecule has 2 saturated heterocycles. The lowest BCUT2D eigenvalue weighted by Gasteiger charge is -2.42. The largest absolute Gasteiger partial charge is 0.338 e. The van der Waals surface area contributed by atoms with Crippen LogP contribution in [0.25, 0.3) is 0 Å². The summed E-state index contributed by atoms with van der Waals surface area (Å²) in [7, 11) is 0. The zero-order valence-electron chi connectivity index (χ0n) is 14.3. The number of nitrogens with zero attached hydrogens (tertiary/aromatic N) is 2. The first-order chi connectivity index (χ1) is 11.6. The normalized spacial score (nSPS) is 23.5. The van der Waals surface area contributed by atoms with Crippen LogP contribution in [0.2, 0.25) is 10.0 Å². The standard InChI is InChI=1S/C19H26Cl2N2O/c1-14(22-9-4-5-10-22)18-6-2-3-11-23(18)19(24)13-15-7-8-16(20)17(21)12-15/h7-8,12,14,18H,2-6,9-11,13H2,1H3. The summed E-state index contributed by atoms with van der Waals surface area (Å²) in [6.45, 7) is 5.52. The number of halogens is 2. The molecule has 24 heavy (non-hydrogen) atoms. The van der Waals surface area contributed by atoms with Gasteiger partial charge in [-0.1, -0.05) is 29.3 Å². The van der Waals surface area contributed by atoms with Crippen molar-refractivity contribution < 1.29 is 4.79 Å².